The molecule has 0 amide bonds. The predicted octanol–water partition coefficient (Wildman–Crippen LogP) is 18.0. The Labute approximate surface area is 396 Å². The summed E-state index contributed by atoms with van der Waals surface area (Å²) in [5.74, 6) is -0.887. The fourth-order valence-corrected chi connectivity index (χ4v) is 7.70. The summed E-state index contributed by atoms with van der Waals surface area (Å²) in [6, 6.07) is 0. The van der Waals surface area contributed by atoms with E-state index in [0.29, 0.717) is 19.3 Å². The van der Waals surface area contributed by atoms with Crippen LogP contribution in [-0.4, -0.2) is 37.2 Å². The van der Waals surface area contributed by atoms with Crippen LogP contribution in [0.4, 0.5) is 0 Å². The lowest BCUT2D eigenvalue weighted by molar-refractivity contribution is -0.167. The van der Waals surface area contributed by atoms with Gasteiger partial charge in [0.2, 0.25) is 0 Å². The summed E-state index contributed by atoms with van der Waals surface area (Å²) in [6.07, 6.45) is 64.9. The van der Waals surface area contributed by atoms with Crippen LogP contribution >= 0.6 is 0 Å². The van der Waals surface area contributed by atoms with Crippen molar-refractivity contribution >= 4 is 17.9 Å². The molecule has 0 aliphatic rings. The number of carbonyl (C=O) groups is 3. The van der Waals surface area contributed by atoms with Crippen LogP contribution in [0.2, 0.25) is 0 Å². The highest BCUT2D eigenvalue weighted by Crippen LogP contribution is 2.16. The van der Waals surface area contributed by atoms with E-state index in [9.17, 15) is 14.4 Å². The van der Waals surface area contributed by atoms with Crippen molar-refractivity contribution < 1.29 is 28.6 Å². The molecule has 0 saturated heterocycles. The van der Waals surface area contributed by atoms with E-state index in [1.54, 1.807) is 0 Å². The zero-order chi connectivity index (χ0) is 46.5. The second kappa shape index (κ2) is 52.7. The Bertz CT molecular complexity index is 1170. The van der Waals surface area contributed by atoms with Gasteiger partial charge in [-0.1, -0.05) is 248 Å². The van der Waals surface area contributed by atoms with Gasteiger partial charge in [-0.05, 0) is 64.2 Å². The van der Waals surface area contributed by atoms with Crippen LogP contribution in [0.5, 0.6) is 0 Å². The van der Waals surface area contributed by atoms with Crippen molar-refractivity contribution in [1.82, 2.24) is 0 Å². The summed E-state index contributed by atoms with van der Waals surface area (Å²) in [7, 11) is 0. The Balaban J connectivity index is 4.35. The predicted molar refractivity (Wildman–Crippen MR) is 275 cm³/mol. The highest BCUT2D eigenvalue weighted by molar-refractivity contribution is 5.71. The highest BCUT2D eigenvalue weighted by atomic mass is 16.6. The maximum Gasteiger partial charge on any atom is 0.306 e. The number of rotatable bonds is 49. The van der Waals surface area contributed by atoms with Gasteiger partial charge in [-0.3, -0.25) is 14.4 Å². The maximum atomic E-state index is 12.8. The van der Waals surface area contributed by atoms with Gasteiger partial charge < -0.3 is 14.2 Å². The molecule has 370 valence electrons. The summed E-state index contributed by atoms with van der Waals surface area (Å²) in [6.45, 7) is 6.52. The summed E-state index contributed by atoms with van der Waals surface area (Å²) < 4.78 is 16.8. The third-order valence-electron chi connectivity index (χ3n) is 11.8. The van der Waals surface area contributed by atoms with Gasteiger partial charge in [0.15, 0.2) is 6.10 Å². The minimum absolute atomic E-state index is 0.0768. The van der Waals surface area contributed by atoms with E-state index < -0.39 is 6.10 Å². The number of hydrogen-bond donors (Lipinski definition) is 0. The van der Waals surface area contributed by atoms with Crippen molar-refractivity contribution in [2.45, 2.75) is 277 Å². The fourth-order valence-electron chi connectivity index (χ4n) is 7.70. The van der Waals surface area contributed by atoms with Gasteiger partial charge in [0.05, 0.1) is 0 Å². The molecule has 64 heavy (non-hydrogen) atoms. The normalized spacial score (nSPS) is 12.5. The average Bonchev–Trinajstić information content (AvgIpc) is 3.29. The second-order valence-electron chi connectivity index (χ2n) is 18.1. The van der Waals surface area contributed by atoms with Crippen LogP contribution in [0, 0.1) is 0 Å². The standard InChI is InChI=1S/C58H102O6/c1-4-7-10-13-16-19-22-25-26-27-28-29-30-31-32-34-36-39-42-45-48-51-57(60)63-54-55(53-62-56(59)50-47-44-41-38-35-24-21-18-15-12-9-6-3)64-58(61)52-49-46-43-40-37-33-23-20-17-14-11-8-5-2/h7,10,16,19,25-26,28-29,31-32,55H,4-6,8-9,11-15,17-18,20-24,27,30,33-54H2,1-3H3/b10-7-,19-16-,26-25-,29-28-,32-31-. The van der Waals surface area contributed by atoms with E-state index in [2.05, 4.69) is 81.5 Å². The summed E-state index contributed by atoms with van der Waals surface area (Å²) in [5, 5.41) is 0. The molecule has 6 heteroatoms. The number of hydrogen-bond acceptors (Lipinski definition) is 6. The zero-order valence-electron chi connectivity index (χ0n) is 42.3. The SMILES string of the molecule is CC/C=C\C/C=C\C/C=C\C/C=C\C/C=C\CCCCCCCC(=O)OCC(COC(=O)CCCCCCCCCCCCCC)OC(=O)CCCCCCCCCCCCCCC. The van der Waals surface area contributed by atoms with E-state index in [-0.39, 0.29) is 31.1 Å². The fraction of sp³-hybridized carbons (Fsp3) is 0.776. The van der Waals surface area contributed by atoms with Crippen molar-refractivity contribution in [3.05, 3.63) is 60.8 Å². The van der Waals surface area contributed by atoms with Crippen molar-refractivity contribution in [3.63, 3.8) is 0 Å². The van der Waals surface area contributed by atoms with Gasteiger partial charge in [-0.15, -0.1) is 0 Å². The molecule has 0 fully saturated rings. The molecule has 0 heterocycles. The van der Waals surface area contributed by atoms with E-state index >= 15 is 0 Å². The number of ether oxygens (including phenoxy) is 3. The van der Waals surface area contributed by atoms with Gasteiger partial charge in [0.25, 0.3) is 0 Å². The van der Waals surface area contributed by atoms with Crippen molar-refractivity contribution in [2.75, 3.05) is 13.2 Å². The molecule has 0 aromatic rings. The number of esters is 3. The van der Waals surface area contributed by atoms with Crippen molar-refractivity contribution in [3.8, 4) is 0 Å². The third-order valence-corrected chi connectivity index (χ3v) is 11.8. The largest absolute Gasteiger partial charge is 0.462 e. The second-order valence-corrected chi connectivity index (χ2v) is 18.1. The molecule has 0 aromatic heterocycles. The van der Waals surface area contributed by atoms with E-state index in [1.165, 1.54) is 122 Å². The molecular weight excluding hydrogens is 793 g/mol. The van der Waals surface area contributed by atoms with Crippen molar-refractivity contribution in [1.29, 1.82) is 0 Å². The first-order valence-corrected chi connectivity index (χ1v) is 27.3. The Morgan fingerprint density at radius 2 is 0.609 bits per heavy atom. The van der Waals surface area contributed by atoms with Crippen LogP contribution in [0.15, 0.2) is 60.8 Å². The minimum Gasteiger partial charge on any atom is -0.462 e. The summed E-state index contributed by atoms with van der Waals surface area (Å²) in [5.41, 5.74) is 0. The maximum absolute atomic E-state index is 12.8. The Morgan fingerprint density at radius 1 is 0.328 bits per heavy atom. The van der Waals surface area contributed by atoms with E-state index in [4.69, 9.17) is 14.2 Å². The molecule has 0 radical (unpaired) electrons. The van der Waals surface area contributed by atoms with E-state index in [0.717, 1.165) is 109 Å². The van der Waals surface area contributed by atoms with Crippen LogP contribution < -0.4 is 0 Å². The average molecular weight is 895 g/mol. The highest BCUT2D eigenvalue weighted by Gasteiger charge is 2.19. The molecule has 0 rings (SSSR count). The van der Waals surface area contributed by atoms with Crippen LogP contribution in [0.3, 0.4) is 0 Å². The van der Waals surface area contributed by atoms with Gasteiger partial charge in [0, 0.05) is 19.3 Å². The Morgan fingerprint density at radius 3 is 0.953 bits per heavy atom. The quantitative estimate of drug-likeness (QED) is 0.0262. The molecule has 0 aromatic carbocycles. The number of carbonyl (C=O) groups excluding carboxylic acids is 3. The van der Waals surface area contributed by atoms with Crippen LogP contribution in [0.1, 0.15) is 271 Å². The molecule has 0 spiro atoms. The molecule has 0 N–H and O–H groups in total. The zero-order valence-corrected chi connectivity index (χ0v) is 42.3. The molecule has 0 aliphatic carbocycles. The summed E-state index contributed by atoms with van der Waals surface area (Å²) in [4.78, 5) is 38.0. The number of allylic oxidation sites excluding steroid dienone is 10. The van der Waals surface area contributed by atoms with Gasteiger partial charge in [-0.25, -0.2) is 0 Å². The minimum atomic E-state index is -0.777. The lowest BCUT2D eigenvalue weighted by atomic mass is 10.0. The molecule has 0 bridgehead atoms. The van der Waals surface area contributed by atoms with Crippen molar-refractivity contribution in [2.24, 2.45) is 0 Å². The molecule has 0 aliphatic heterocycles. The smallest absolute Gasteiger partial charge is 0.306 e. The van der Waals surface area contributed by atoms with Gasteiger partial charge >= 0.3 is 17.9 Å². The van der Waals surface area contributed by atoms with Gasteiger partial charge in [-0.2, -0.15) is 0 Å². The molecule has 0 saturated carbocycles. The first-order chi connectivity index (χ1) is 31.5. The molecular formula is C58H102O6. The number of unbranched alkanes of at least 4 members (excludes halogenated alkanes) is 28. The Kier molecular flexibility index (Phi) is 50.4. The monoisotopic (exact) mass is 895 g/mol. The first-order valence-electron chi connectivity index (χ1n) is 27.3. The topological polar surface area (TPSA) is 78.9 Å². The third kappa shape index (κ3) is 50.1. The molecule has 1 atom stereocenters. The van der Waals surface area contributed by atoms with Crippen LogP contribution in [-0.2, 0) is 28.6 Å². The van der Waals surface area contributed by atoms with Gasteiger partial charge in [0.1, 0.15) is 13.2 Å². The Hall–Kier alpha value is -2.89. The van der Waals surface area contributed by atoms with E-state index in [1.807, 2.05) is 0 Å². The van der Waals surface area contributed by atoms with Crippen LogP contribution in [0.25, 0.3) is 0 Å². The lowest BCUT2D eigenvalue weighted by Crippen LogP contribution is -2.30. The molecule has 1 unspecified atom stereocenters. The summed E-state index contributed by atoms with van der Waals surface area (Å²) >= 11 is 0. The molecule has 6 nitrogen and oxygen atoms in total. The lowest BCUT2D eigenvalue weighted by Gasteiger charge is -2.18. The first kappa shape index (κ1) is 61.1.